The van der Waals surface area contributed by atoms with Crippen LogP contribution in [0, 0.1) is 18.6 Å². The molecule has 0 aliphatic rings. The number of ether oxygens (including phenoxy) is 1. The second kappa shape index (κ2) is 5.36. The van der Waals surface area contributed by atoms with Crippen LogP contribution in [0.1, 0.15) is 11.1 Å². The van der Waals surface area contributed by atoms with Gasteiger partial charge < -0.3 is 10.5 Å². The Labute approximate surface area is 110 Å². The van der Waals surface area contributed by atoms with Gasteiger partial charge in [0.15, 0.2) is 0 Å². The van der Waals surface area contributed by atoms with Crippen LogP contribution in [0.2, 0.25) is 0 Å². The highest BCUT2D eigenvalue weighted by Gasteiger charge is 2.15. The monoisotopic (exact) mass is 263 g/mol. The molecule has 2 rings (SSSR count). The van der Waals surface area contributed by atoms with Crippen LogP contribution in [0.5, 0.6) is 5.75 Å². The molecule has 0 radical (unpaired) electrons. The van der Waals surface area contributed by atoms with Gasteiger partial charge in [-0.05, 0) is 36.2 Å². The number of methoxy groups -OCH3 is 1. The molecule has 0 aliphatic carbocycles. The number of benzene rings is 2. The number of hydrogen-bond acceptors (Lipinski definition) is 2. The molecule has 0 bridgehead atoms. The number of hydrogen-bond donors (Lipinski definition) is 1. The lowest BCUT2D eigenvalue weighted by atomic mass is 9.99. The van der Waals surface area contributed by atoms with E-state index in [1.165, 1.54) is 19.2 Å². The third-order valence-corrected chi connectivity index (χ3v) is 3.07. The zero-order valence-corrected chi connectivity index (χ0v) is 10.8. The van der Waals surface area contributed by atoms with Crippen molar-refractivity contribution < 1.29 is 13.5 Å². The van der Waals surface area contributed by atoms with E-state index >= 15 is 0 Å². The van der Waals surface area contributed by atoms with Crippen LogP contribution < -0.4 is 10.5 Å². The summed E-state index contributed by atoms with van der Waals surface area (Å²) in [4.78, 5) is 0. The summed E-state index contributed by atoms with van der Waals surface area (Å²) in [5, 5.41) is 0. The predicted octanol–water partition coefficient (Wildman–Crippen LogP) is 3.41. The molecule has 0 atom stereocenters. The normalized spacial score (nSPS) is 10.6. The molecule has 0 amide bonds. The van der Waals surface area contributed by atoms with E-state index in [-0.39, 0.29) is 12.1 Å². The van der Waals surface area contributed by atoms with Crippen molar-refractivity contribution >= 4 is 0 Å². The SMILES string of the molecule is COc1ccc(-c2c(F)ccc(C)c2F)cc1CN. The van der Waals surface area contributed by atoms with Gasteiger partial charge in [0, 0.05) is 12.1 Å². The lowest BCUT2D eigenvalue weighted by Crippen LogP contribution is -2.01. The van der Waals surface area contributed by atoms with Gasteiger partial charge in [0.25, 0.3) is 0 Å². The quantitative estimate of drug-likeness (QED) is 0.921. The average Bonchev–Trinajstić information content (AvgIpc) is 2.43. The first-order chi connectivity index (χ1) is 9.08. The Bertz CT molecular complexity index is 611. The van der Waals surface area contributed by atoms with Crippen molar-refractivity contribution in [2.24, 2.45) is 5.73 Å². The van der Waals surface area contributed by atoms with E-state index in [9.17, 15) is 8.78 Å². The second-order valence-electron chi connectivity index (χ2n) is 4.28. The number of rotatable bonds is 3. The topological polar surface area (TPSA) is 35.2 Å². The number of aryl methyl sites for hydroxylation is 1. The van der Waals surface area contributed by atoms with Gasteiger partial charge in [0.05, 0.1) is 12.7 Å². The zero-order chi connectivity index (χ0) is 14.0. The maximum atomic E-state index is 14.1. The van der Waals surface area contributed by atoms with Gasteiger partial charge in [0.1, 0.15) is 17.4 Å². The minimum absolute atomic E-state index is 0.0302. The molecule has 0 fully saturated rings. The van der Waals surface area contributed by atoms with Crippen LogP contribution in [-0.4, -0.2) is 7.11 Å². The summed E-state index contributed by atoms with van der Waals surface area (Å²) >= 11 is 0. The summed E-state index contributed by atoms with van der Waals surface area (Å²) in [7, 11) is 1.53. The minimum atomic E-state index is -0.587. The van der Waals surface area contributed by atoms with Gasteiger partial charge in [-0.1, -0.05) is 12.1 Å². The Kier molecular flexibility index (Phi) is 3.81. The van der Waals surface area contributed by atoms with Crippen LogP contribution in [0.25, 0.3) is 11.1 Å². The van der Waals surface area contributed by atoms with Crippen LogP contribution in [-0.2, 0) is 6.54 Å². The summed E-state index contributed by atoms with van der Waals surface area (Å²) in [5.74, 6) is -0.524. The summed E-state index contributed by atoms with van der Waals surface area (Å²) in [6.07, 6.45) is 0. The third kappa shape index (κ3) is 2.44. The zero-order valence-electron chi connectivity index (χ0n) is 10.8. The molecule has 100 valence electrons. The van der Waals surface area contributed by atoms with Crippen LogP contribution in [0.15, 0.2) is 30.3 Å². The molecule has 0 unspecified atom stereocenters. The molecule has 0 aliphatic heterocycles. The van der Waals surface area contributed by atoms with E-state index < -0.39 is 11.6 Å². The summed E-state index contributed by atoms with van der Waals surface area (Å²) in [6.45, 7) is 1.84. The van der Waals surface area contributed by atoms with Gasteiger partial charge in [-0.3, -0.25) is 0 Å². The predicted molar refractivity (Wildman–Crippen MR) is 71.0 cm³/mol. The Morgan fingerprint density at radius 3 is 2.53 bits per heavy atom. The largest absolute Gasteiger partial charge is 0.496 e. The van der Waals surface area contributed by atoms with E-state index in [2.05, 4.69) is 0 Å². The highest BCUT2D eigenvalue weighted by molar-refractivity contribution is 5.68. The van der Waals surface area contributed by atoms with Gasteiger partial charge in [-0.15, -0.1) is 0 Å². The third-order valence-electron chi connectivity index (χ3n) is 3.07. The average molecular weight is 263 g/mol. The van der Waals surface area contributed by atoms with Gasteiger partial charge in [-0.2, -0.15) is 0 Å². The molecule has 2 N–H and O–H groups in total. The summed E-state index contributed by atoms with van der Waals surface area (Å²) in [5.41, 5.74) is 7.15. The van der Waals surface area contributed by atoms with Crippen molar-refractivity contribution in [1.82, 2.24) is 0 Å². The van der Waals surface area contributed by atoms with Gasteiger partial charge in [0.2, 0.25) is 0 Å². The van der Waals surface area contributed by atoms with Crippen molar-refractivity contribution in [1.29, 1.82) is 0 Å². The second-order valence-corrected chi connectivity index (χ2v) is 4.28. The van der Waals surface area contributed by atoms with Crippen molar-refractivity contribution in [3.63, 3.8) is 0 Å². The van der Waals surface area contributed by atoms with Crippen LogP contribution >= 0.6 is 0 Å². The van der Waals surface area contributed by atoms with Crippen molar-refractivity contribution in [3.05, 3.63) is 53.1 Å². The molecule has 2 aromatic carbocycles. The first-order valence-electron chi connectivity index (χ1n) is 5.90. The van der Waals surface area contributed by atoms with Crippen LogP contribution in [0.4, 0.5) is 8.78 Å². The Morgan fingerprint density at radius 1 is 1.16 bits per heavy atom. The maximum absolute atomic E-state index is 14.1. The summed E-state index contributed by atoms with van der Waals surface area (Å²) < 4.78 is 33.0. The number of nitrogens with two attached hydrogens (primary N) is 1. The molecule has 4 heteroatoms. The lowest BCUT2D eigenvalue weighted by molar-refractivity contribution is 0.410. The molecule has 0 spiro atoms. The first kappa shape index (κ1) is 13.5. The smallest absolute Gasteiger partial charge is 0.136 e. The molecule has 0 saturated carbocycles. The Balaban J connectivity index is 2.63. The van der Waals surface area contributed by atoms with Gasteiger partial charge >= 0.3 is 0 Å². The molecule has 0 aromatic heterocycles. The van der Waals surface area contributed by atoms with Crippen molar-refractivity contribution in [3.8, 4) is 16.9 Å². The molecule has 2 aromatic rings. The fourth-order valence-electron chi connectivity index (χ4n) is 2.01. The van der Waals surface area contributed by atoms with E-state index in [1.54, 1.807) is 25.1 Å². The lowest BCUT2D eigenvalue weighted by Gasteiger charge is -2.11. The highest BCUT2D eigenvalue weighted by Crippen LogP contribution is 2.31. The van der Waals surface area contributed by atoms with Crippen LogP contribution in [0.3, 0.4) is 0 Å². The van der Waals surface area contributed by atoms with E-state index in [4.69, 9.17) is 10.5 Å². The van der Waals surface area contributed by atoms with E-state index in [0.717, 1.165) is 0 Å². The fraction of sp³-hybridized carbons (Fsp3) is 0.200. The Hall–Kier alpha value is -1.94. The molecular weight excluding hydrogens is 248 g/mol. The maximum Gasteiger partial charge on any atom is 0.136 e. The number of halogens is 2. The fourth-order valence-corrected chi connectivity index (χ4v) is 2.01. The first-order valence-corrected chi connectivity index (χ1v) is 5.90. The van der Waals surface area contributed by atoms with E-state index in [0.29, 0.717) is 22.4 Å². The van der Waals surface area contributed by atoms with Gasteiger partial charge in [-0.25, -0.2) is 8.78 Å². The van der Waals surface area contributed by atoms with Crippen molar-refractivity contribution in [2.75, 3.05) is 7.11 Å². The molecular formula is C15H15F2NO. The molecule has 0 saturated heterocycles. The summed E-state index contributed by atoms with van der Waals surface area (Å²) in [6, 6.07) is 7.62. The van der Waals surface area contributed by atoms with Crippen molar-refractivity contribution in [2.45, 2.75) is 13.5 Å². The molecule has 0 heterocycles. The standard InChI is InChI=1S/C15H15F2NO/c1-9-3-5-12(16)14(15(9)17)10-4-6-13(19-2)11(7-10)8-18/h3-7H,8,18H2,1-2H3. The molecule has 19 heavy (non-hydrogen) atoms. The van der Waals surface area contributed by atoms with E-state index in [1.807, 2.05) is 0 Å². The Morgan fingerprint density at radius 2 is 1.89 bits per heavy atom. The minimum Gasteiger partial charge on any atom is -0.496 e. The molecule has 2 nitrogen and oxygen atoms in total. The highest BCUT2D eigenvalue weighted by atomic mass is 19.1.